The third kappa shape index (κ3) is 5.72. The molecule has 2 aromatic rings. The number of carbonyl (C=O) groups excluding carboxylic acids is 1. The summed E-state index contributed by atoms with van der Waals surface area (Å²) in [5, 5.41) is 2.45. The minimum atomic E-state index is -4.61. The number of rotatable bonds is 5. The van der Waals surface area contributed by atoms with Crippen LogP contribution in [0.1, 0.15) is 15.9 Å². The molecule has 190 valence electrons. The number of benzene rings is 2. The molecule has 13 heteroatoms. The van der Waals surface area contributed by atoms with Crippen molar-refractivity contribution in [3.05, 3.63) is 52.5 Å². The van der Waals surface area contributed by atoms with Gasteiger partial charge in [0.2, 0.25) is 10.0 Å². The number of halogens is 4. The van der Waals surface area contributed by atoms with Gasteiger partial charge >= 0.3 is 6.18 Å². The summed E-state index contributed by atoms with van der Waals surface area (Å²) in [5.41, 5.74) is -0.618. The smallest absolute Gasteiger partial charge is 0.379 e. The molecule has 0 saturated carbocycles. The van der Waals surface area contributed by atoms with E-state index >= 15 is 0 Å². The van der Waals surface area contributed by atoms with Gasteiger partial charge in [-0.05, 0) is 36.4 Å². The molecule has 0 atom stereocenters. The van der Waals surface area contributed by atoms with Gasteiger partial charge in [-0.15, -0.1) is 0 Å². The van der Waals surface area contributed by atoms with Crippen molar-refractivity contribution in [2.24, 2.45) is 0 Å². The van der Waals surface area contributed by atoms with Crippen LogP contribution in [-0.4, -0.2) is 71.2 Å². The van der Waals surface area contributed by atoms with Gasteiger partial charge in [0.25, 0.3) is 5.91 Å². The normalized spacial score (nSPS) is 17.9. The van der Waals surface area contributed by atoms with Gasteiger partial charge in [0, 0.05) is 31.7 Å². The lowest BCUT2D eigenvalue weighted by molar-refractivity contribution is -0.137. The molecule has 0 radical (unpaired) electrons. The van der Waals surface area contributed by atoms with Crippen molar-refractivity contribution in [3.8, 4) is 0 Å². The second-order valence-corrected chi connectivity index (χ2v) is 10.3. The number of sulfonamides is 1. The molecule has 0 aliphatic carbocycles. The lowest BCUT2D eigenvalue weighted by Crippen LogP contribution is -2.40. The highest BCUT2D eigenvalue weighted by molar-refractivity contribution is 7.89. The Morgan fingerprint density at radius 1 is 0.943 bits per heavy atom. The topological polar surface area (TPSA) is 88.2 Å². The van der Waals surface area contributed by atoms with Gasteiger partial charge < -0.3 is 19.7 Å². The number of amides is 1. The molecular weight excluding hydrogens is 511 g/mol. The van der Waals surface area contributed by atoms with Crippen LogP contribution in [0.4, 0.5) is 24.5 Å². The molecule has 2 aromatic carbocycles. The number of anilines is 2. The lowest BCUT2D eigenvalue weighted by atomic mass is 10.1. The van der Waals surface area contributed by atoms with E-state index in [2.05, 4.69) is 5.32 Å². The standard InChI is InChI=1S/C22H23ClF3N3O5S/c23-17-3-1-15(13-20(17)35(31,32)29-7-11-34-12-8-29)21(30)27-18-14-16(22(24,25)26)2-4-19(18)28-5-9-33-10-6-28/h1-4,13-14H,5-12H2,(H,27,30). The minimum Gasteiger partial charge on any atom is -0.379 e. The van der Waals surface area contributed by atoms with Gasteiger partial charge in [-0.3, -0.25) is 4.79 Å². The number of hydrogen-bond acceptors (Lipinski definition) is 6. The Kier molecular flexibility index (Phi) is 7.57. The Balaban J connectivity index is 1.66. The molecule has 4 rings (SSSR count). The first-order valence-corrected chi connectivity index (χ1v) is 12.6. The highest BCUT2D eigenvalue weighted by Gasteiger charge is 2.32. The average molecular weight is 534 g/mol. The van der Waals surface area contributed by atoms with Crippen LogP contribution in [0.2, 0.25) is 5.02 Å². The van der Waals surface area contributed by atoms with Gasteiger partial charge in [0.1, 0.15) is 4.90 Å². The fraction of sp³-hybridized carbons (Fsp3) is 0.409. The Labute approximate surface area is 205 Å². The molecule has 2 heterocycles. The third-order valence-corrected chi connectivity index (χ3v) is 8.09. The number of alkyl halides is 3. The van der Waals surface area contributed by atoms with Gasteiger partial charge in [0.05, 0.1) is 48.4 Å². The Hall–Kier alpha value is -2.38. The second-order valence-electron chi connectivity index (χ2n) is 7.94. The summed E-state index contributed by atoms with van der Waals surface area (Å²) in [4.78, 5) is 14.6. The van der Waals surface area contributed by atoms with Crippen molar-refractivity contribution < 1.29 is 35.9 Å². The number of nitrogens with zero attached hydrogens (tertiary/aromatic N) is 2. The molecule has 35 heavy (non-hydrogen) atoms. The SMILES string of the molecule is O=C(Nc1cc(C(F)(F)F)ccc1N1CCOCC1)c1ccc(Cl)c(S(=O)(=O)N2CCOCC2)c1. The van der Waals surface area contributed by atoms with Crippen LogP contribution in [0.5, 0.6) is 0 Å². The second kappa shape index (κ2) is 10.3. The maximum absolute atomic E-state index is 13.4. The summed E-state index contributed by atoms with van der Waals surface area (Å²) >= 11 is 6.15. The summed E-state index contributed by atoms with van der Waals surface area (Å²) in [6, 6.07) is 6.85. The summed E-state index contributed by atoms with van der Waals surface area (Å²) in [6.45, 7) is 2.43. The molecule has 0 aromatic heterocycles. The van der Waals surface area contributed by atoms with Gasteiger partial charge in [-0.1, -0.05) is 11.6 Å². The van der Waals surface area contributed by atoms with E-state index in [4.69, 9.17) is 21.1 Å². The highest BCUT2D eigenvalue weighted by atomic mass is 35.5. The van der Waals surface area contributed by atoms with Gasteiger partial charge in [-0.2, -0.15) is 17.5 Å². The predicted octanol–water partition coefficient (Wildman–Crippen LogP) is 3.47. The van der Waals surface area contributed by atoms with Crippen LogP contribution < -0.4 is 10.2 Å². The zero-order valence-electron chi connectivity index (χ0n) is 18.5. The number of morpholine rings is 2. The van der Waals surface area contributed by atoms with Crippen LogP contribution in [-0.2, 0) is 25.7 Å². The van der Waals surface area contributed by atoms with Gasteiger partial charge in [-0.25, -0.2) is 8.42 Å². The van der Waals surface area contributed by atoms with Crippen molar-refractivity contribution >= 4 is 38.9 Å². The lowest BCUT2D eigenvalue weighted by Gasteiger charge is -2.31. The van der Waals surface area contributed by atoms with Crippen molar-refractivity contribution in [2.75, 3.05) is 62.8 Å². The van der Waals surface area contributed by atoms with Crippen molar-refractivity contribution in [1.82, 2.24) is 4.31 Å². The van der Waals surface area contributed by atoms with E-state index in [1.807, 2.05) is 4.90 Å². The van der Waals surface area contributed by atoms with Crippen LogP contribution >= 0.6 is 11.6 Å². The summed E-state index contributed by atoms with van der Waals surface area (Å²) in [6.07, 6.45) is -4.61. The van der Waals surface area contributed by atoms with Gasteiger partial charge in [0.15, 0.2) is 0 Å². The van der Waals surface area contributed by atoms with E-state index in [9.17, 15) is 26.4 Å². The van der Waals surface area contributed by atoms with E-state index in [-0.39, 0.29) is 47.5 Å². The van der Waals surface area contributed by atoms with Crippen molar-refractivity contribution in [1.29, 1.82) is 0 Å². The number of hydrogen-bond donors (Lipinski definition) is 1. The first kappa shape index (κ1) is 25.7. The molecule has 2 saturated heterocycles. The largest absolute Gasteiger partial charge is 0.416 e. The first-order valence-electron chi connectivity index (χ1n) is 10.8. The molecule has 8 nitrogen and oxygen atoms in total. The molecule has 1 amide bonds. The van der Waals surface area contributed by atoms with Crippen LogP contribution in [0.25, 0.3) is 0 Å². The zero-order valence-corrected chi connectivity index (χ0v) is 20.0. The molecule has 2 fully saturated rings. The van der Waals surface area contributed by atoms with Crippen LogP contribution in [0.3, 0.4) is 0 Å². The molecule has 0 spiro atoms. The van der Waals surface area contributed by atoms with Crippen LogP contribution in [0.15, 0.2) is 41.3 Å². The van der Waals surface area contributed by atoms with E-state index in [1.165, 1.54) is 22.5 Å². The zero-order chi connectivity index (χ0) is 25.2. The van der Waals surface area contributed by atoms with E-state index < -0.39 is 27.7 Å². The number of ether oxygens (including phenoxy) is 2. The average Bonchev–Trinajstić information content (AvgIpc) is 2.84. The first-order chi connectivity index (χ1) is 16.6. The maximum Gasteiger partial charge on any atom is 0.416 e. The summed E-state index contributed by atoms with van der Waals surface area (Å²) in [5.74, 6) is -0.770. The highest BCUT2D eigenvalue weighted by Crippen LogP contribution is 2.36. The third-order valence-electron chi connectivity index (χ3n) is 5.71. The molecular formula is C22H23ClF3N3O5S. The van der Waals surface area contributed by atoms with E-state index in [1.54, 1.807) is 0 Å². The van der Waals surface area contributed by atoms with Crippen molar-refractivity contribution in [2.45, 2.75) is 11.1 Å². The number of carbonyl (C=O) groups is 1. The monoisotopic (exact) mass is 533 g/mol. The molecule has 0 bridgehead atoms. The van der Waals surface area contributed by atoms with Crippen molar-refractivity contribution in [3.63, 3.8) is 0 Å². The Morgan fingerprint density at radius 3 is 2.20 bits per heavy atom. The quantitative estimate of drug-likeness (QED) is 0.633. The summed E-state index contributed by atoms with van der Waals surface area (Å²) < 4.78 is 77.9. The molecule has 1 N–H and O–H groups in total. The molecule has 0 unspecified atom stereocenters. The van der Waals surface area contributed by atoms with Crippen LogP contribution in [0, 0.1) is 0 Å². The Bertz CT molecular complexity index is 1200. The summed E-state index contributed by atoms with van der Waals surface area (Å²) in [7, 11) is -4.00. The maximum atomic E-state index is 13.4. The number of nitrogens with one attached hydrogen (secondary N) is 1. The fourth-order valence-corrected chi connectivity index (χ4v) is 5.76. The molecule has 2 aliphatic heterocycles. The Morgan fingerprint density at radius 2 is 1.57 bits per heavy atom. The van der Waals surface area contributed by atoms with E-state index in [0.717, 1.165) is 18.2 Å². The molecule has 2 aliphatic rings. The minimum absolute atomic E-state index is 0.0424. The fourth-order valence-electron chi connectivity index (χ4n) is 3.86. The predicted molar refractivity (Wildman–Crippen MR) is 123 cm³/mol. The van der Waals surface area contributed by atoms with E-state index in [0.29, 0.717) is 32.0 Å².